The van der Waals surface area contributed by atoms with Crippen molar-refractivity contribution in [2.75, 3.05) is 31.0 Å². The zero-order valence-corrected chi connectivity index (χ0v) is 20.0. The molecular formula is C23H29FN2O7S. The van der Waals surface area contributed by atoms with Gasteiger partial charge in [-0.05, 0) is 44.0 Å². The first-order valence-electron chi connectivity index (χ1n) is 11.0. The molecule has 11 heteroatoms. The van der Waals surface area contributed by atoms with Crippen LogP contribution >= 0.6 is 0 Å². The molecule has 2 aliphatic rings. The normalized spacial score (nSPS) is 22.3. The number of halogens is 1. The smallest absolute Gasteiger partial charge is 0.414 e. The van der Waals surface area contributed by atoms with Crippen LogP contribution in [0.1, 0.15) is 44.6 Å². The third-order valence-corrected chi connectivity index (χ3v) is 7.83. The van der Waals surface area contributed by atoms with Gasteiger partial charge < -0.3 is 9.47 Å². The fraction of sp³-hybridized carbons (Fsp3) is 0.565. The minimum Gasteiger partial charge on any atom is -0.444 e. The molecule has 0 bridgehead atoms. The number of anilines is 1. The van der Waals surface area contributed by atoms with Crippen molar-refractivity contribution in [3.63, 3.8) is 0 Å². The van der Waals surface area contributed by atoms with Crippen molar-refractivity contribution in [3.05, 3.63) is 29.8 Å². The summed E-state index contributed by atoms with van der Waals surface area (Å²) in [5, 5.41) is 0. The number of nitrogens with one attached hydrogen (secondary N) is 1. The third kappa shape index (κ3) is 6.25. The maximum atomic E-state index is 12.9. The van der Waals surface area contributed by atoms with Gasteiger partial charge in [0.1, 0.15) is 12.8 Å². The lowest BCUT2D eigenvalue weighted by atomic mass is 10.0. The van der Waals surface area contributed by atoms with Crippen molar-refractivity contribution in [1.82, 2.24) is 5.48 Å². The standard InChI is InChI=1S/C23H29FN2O7S/c1-23(34(2,29)30,21(27)25-33-20-8-4-6-14-31-20)15-19-16-26(22(28)32-19)18-11-9-17(10-12-18)7-3-5-13-24/h9-12,19-20H,4-6,8,13-16H2,1-2H3,(H,25,27)/t19-,20?,23+/m0/s1. The number of hydrogen-bond donors (Lipinski definition) is 1. The van der Waals surface area contributed by atoms with Crippen LogP contribution in [0, 0.1) is 11.8 Å². The molecular weight excluding hydrogens is 467 g/mol. The van der Waals surface area contributed by atoms with Crippen molar-refractivity contribution < 1.29 is 36.7 Å². The summed E-state index contributed by atoms with van der Waals surface area (Å²) in [5.41, 5.74) is 3.43. The van der Waals surface area contributed by atoms with Gasteiger partial charge in [-0.1, -0.05) is 11.8 Å². The Bertz CT molecular complexity index is 1050. The van der Waals surface area contributed by atoms with Crippen LogP contribution in [-0.2, 0) is 28.9 Å². The molecule has 0 radical (unpaired) electrons. The molecule has 1 N–H and O–H groups in total. The largest absolute Gasteiger partial charge is 0.444 e. The summed E-state index contributed by atoms with van der Waals surface area (Å²) in [5.74, 6) is 4.67. The minimum absolute atomic E-state index is 0.0662. The van der Waals surface area contributed by atoms with Crippen molar-refractivity contribution in [2.24, 2.45) is 0 Å². The van der Waals surface area contributed by atoms with E-state index in [2.05, 4.69) is 17.3 Å². The number of sulfone groups is 1. The third-order valence-electron chi connectivity index (χ3n) is 5.84. The zero-order valence-electron chi connectivity index (χ0n) is 19.2. The Labute approximate surface area is 198 Å². The van der Waals surface area contributed by atoms with Gasteiger partial charge in [-0.25, -0.2) is 23.5 Å². The van der Waals surface area contributed by atoms with Crippen LogP contribution in [0.5, 0.6) is 0 Å². The van der Waals surface area contributed by atoms with Gasteiger partial charge in [0, 0.05) is 43.4 Å². The highest BCUT2D eigenvalue weighted by Crippen LogP contribution is 2.30. The van der Waals surface area contributed by atoms with Crippen LogP contribution in [-0.4, -0.2) is 63.6 Å². The first kappa shape index (κ1) is 25.9. The van der Waals surface area contributed by atoms with Gasteiger partial charge >= 0.3 is 6.09 Å². The van der Waals surface area contributed by atoms with E-state index in [0.717, 1.165) is 19.1 Å². The summed E-state index contributed by atoms with van der Waals surface area (Å²) in [7, 11) is -3.90. The lowest BCUT2D eigenvalue weighted by Gasteiger charge is -2.29. The average molecular weight is 497 g/mol. The molecule has 3 atom stereocenters. The van der Waals surface area contributed by atoms with Crippen LogP contribution in [0.2, 0.25) is 0 Å². The molecule has 186 valence electrons. The van der Waals surface area contributed by atoms with Crippen molar-refractivity contribution in [1.29, 1.82) is 0 Å². The second-order valence-electron chi connectivity index (χ2n) is 8.46. The monoisotopic (exact) mass is 496 g/mol. The Morgan fingerprint density at radius 2 is 2.06 bits per heavy atom. The SMILES string of the molecule is C[C@@](C[C@H]1CN(c2ccc(C#CCCF)cc2)C(=O)O1)(C(=O)NOC1CCCCO1)S(C)(=O)=O. The van der Waals surface area contributed by atoms with E-state index in [1.165, 1.54) is 11.8 Å². The van der Waals surface area contributed by atoms with Crippen LogP contribution in [0.25, 0.3) is 0 Å². The average Bonchev–Trinajstić information content (AvgIpc) is 3.17. The van der Waals surface area contributed by atoms with Gasteiger partial charge in [-0.15, -0.1) is 0 Å². The van der Waals surface area contributed by atoms with Gasteiger partial charge in [0.25, 0.3) is 5.91 Å². The van der Waals surface area contributed by atoms with E-state index < -0.39 is 45.7 Å². The van der Waals surface area contributed by atoms with E-state index in [0.29, 0.717) is 24.3 Å². The number of cyclic esters (lactones) is 1. The molecule has 0 spiro atoms. The number of rotatable bonds is 8. The topological polar surface area (TPSA) is 111 Å². The summed E-state index contributed by atoms with van der Waals surface area (Å²) < 4.78 is 46.2. The fourth-order valence-corrected chi connectivity index (χ4v) is 4.52. The highest BCUT2D eigenvalue weighted by molar-refractivity contribution is 7.92. The quantitative estimate of drug-likeness (QED) is 0.435. The summed E-state index contributed by atoms with van der Waals surface area (Å²) in [6, 6.07) is 6.73. The predicted octanol–water partition coefficient (Wildman–Crippen LogP) is 2.49. The van der Waals surface area contributed by atoms with E-state index in [-0.39, 0.29) is 19.4 Å². The number of hydroxylamine groups is 1. The number of benzene rings is 1. The lowest BCUT2D eigenvalue weighted by molar-refractivity contribution is -0.201. The number of ether oxygens (including phenoxy) is 2. The maximum absolute atomic E-state index is 12.9. The lowest BCUT2D eigenvalue weighted by Crippen LogP contribution is -2.53. The Balaban J connectivity index is 1.66. The van der Waals surface area contributed by atoms with Gasteiger partial charge in [0.2, 0.25) is 0 Å². The molecule has 1 aromatic rings. The first-order chi connectivity index (χ1) is 16.1. The second-order valence-corrected chi connectivity index (χ2v) is 10.9. The molecule has 34 heavy (non-hydrogen) atoms. The summed E-state index contributed by atoms with van der Waals surface area (Å²) in [6.45, 7) is 1.33. The molecule has 0 saturated carbocycles. The number of nitrogens with zero attached hydrogens (tertiary/aromatic N) is 1. The van der Waals surface area contributed by atoms with Crippen molar-refractivity contribution >= 4 is 27.5 Å². The van der Waals surface area contributed by atoms with E-state index in [1.54, 1.807) is 24.3 Å². The molecule has 0 aliphatic carbocycles. The number of carbonyl (C=O) groups excluding carboxylic acids is 2. The molecule has 0 aromatic heterocycles. The highest BCUT2D eigenvalue weighted by Gasteiger charge is 2.48. The summed E-state index contributed by atoms with van der Waals surface area (Å²) in [4.78, 5) is 32.0. The maximum Gasteiger partial charge on any atom is 0.414 e. The zero-order chi connectivity index (χ0) is 24.8. The number of amides is 2. The highest BCUT2D eigenvalue weighted by atomic mass is 32.2. The molecule has 3 rings (SSSR count). The van der Waals surface area contributed by atoms with E-state index in [1.807, 2.05) is 0 Å². The molecule has 2 saturated heterocycles. The van der Waals surface area contributed by atoms with Gasteiger partial charge in [-0.2, -0.15) is 0 Å². The molecule has 2 fully saturated rings. The Hall–Kier alpha value is -2.68. The Morgan fingerprint density at radius 1 is 1.32 bits per heavy atom. The van der Waals surface area contributed by atoms with E-state index in [4.69, 9.17) is 14.3 Å². The van der Waals surface area contributed by atoms with Crippen molar-refractivity contribution in [2.45, 2.75) is 56.2 Å². The predicted molar refractivity (Wildman–Crippen MR) is 122 cm³/mol. The number of hydrogen-bond acceptors (Lipinski definition) is 7. The van der Waals surface area contributed by atoms with Crippen LogP contribution in [0.3, 0.4) is 0 Å². The van der Waals surface area contributed by atoms with Crippen molar-refractivity contribution in [3.8, 4) is 11.8 Å². The molecule has 2 aliphatic heterocycles. The van der Waals surface area contributed by atoms with Crippen LogP contribution < -0.4 is 10.4 Å². The Morgan fingerprint density at radius 3 is 2.68 bits per heavy atom. The summed E-state index contributed by atoms with van der Waals surface area (Å²) >= 11 is 0. The molecule has 2 heterocycles. The second kappa shape index (κ2) is 11.2. The first-order valence-corrected chi connectivity index (χ1v) is 12.9. The number of carbonyl (C=O) groups is 2. The van der Waals surface area contributed by atoms with E-state index in [9.17, 15) is 22.4 Å². The van der Waals surface area contributed by atoms with Gasteiger partial charge in [0.15, 0.2) is 20.9 Å². The molecule has 1 unspecified atom stereocenters. The number of alkyl halides is 1. The van der Waals surface area contributed by atoms with Gasteiger partial charge in [-0.3, -0.25) is 14.1 Å². The molecule has 9 nitrogen and oxygen atoms in total. The summed E-state index contributed by atoms with van der Waals surface area (Å²) in [6.07, 6.45) is 1.10. The molecule has 1 aromatic carbocycles. The fourth-order valence-electron chi connectivity index (χ4n) is 3.65. The van der Waals surface area contributed by atoms with Crippen LogP contribution in [0.4, 0.5) is 14.9 Å². The van der Waals surface area contributed by atoms with Gasteiger partial charge in [0.05, 0.1) is 6.54 Å². The molecule has 2 amide bonds. The minimum atomic E-state index is -3.90. The Kier molecular flexibility index (Phi) is 8.52. The van der Waals surface area contributed by atoms with E-state index >= 15 is 0 Å². The van der Waals surface area contributed by atoms with Crippen LogP contribution in [0.15, 0.2) is 24.3 Å².